The Balaban J connectivity index is 2.80. The molecule has 37 heavy (non-hydrogen) atoms. The number of halogens is 12. The number of anilines is 2. The molecule has 0 bridgehead atoms. The van der Waals surface area contributed by atoms with Crippen LogP contribution in [0.1, 0.15) is 22.3 Å². The predicted octanol–water partition coefficient (Wildman–Crippen LogP) is 5.88. The van der Waals surface area contributed by atoms with E-state index >= 15 is 0 Å². The quantitative estimate of drug-likeness (QED) is 0.276. The third-order valence-corrected chi connectivity index (χ3v) is 5.38. The van der Waals surface area contributed by atoms with Gasteiger partial charge >= 0.3 is 24.7 Å². The van der Waals surface area contributed by atoms with Gasteiger partial charge in [0, 0.05) is 22.5 Å². The number of benzene rings is 2. The SMILES string of the molecule is Cc1cc(Oc2cc(C)c(N)c(C(O)(C(F)(F)F)C(F)(F)F)c2)cc(C(O)(C(F)(F)F)C(F)(F)F)c1N. The van der Waals surface area contributed by atoms with Crippen LogP contribution in [0.25, 0.3) is 0 Å². The highest BCUT2D eigenvalue weighted by molar-refractivity contribution is 5.62. The van der Waals surface area contributed by atoms with Crippen LogP contribution in [0, 0.1) is 13.8 Å². The number of hydrogen-bond donors (Lipinski definition) is 4. The lowest BCUT2D eigenvalue weighted by molar-refractivity contribution is -0.376. The van der Waals surface area contributed by atoms with Gasteiger partial charge in [0.1, 0.15) is 11.5 Å². The van der Waals surface area contributed by atoms with Crippen molar-refractivity contribution in [2.45, 2.75) is 49.8 Å². The Hall–Kier alpha value is -3.08. The number of alkyl halides is 12. The van der Waals surface area contributed by atoms with E-state index in [-0.39, 0.29) is 12.1 Å². The zero-order valence-electron chi connectivity index (χ0n) is 18.3. The lowest BCUT2D eigenvalue weighted by atomic mass is 9.88. The Kier molecular flexibility index (Phi) is 7.13. The molecule has 2 aromatic carbocycles. The standard InChI is InChI=1S/C20H16F12N2O3/c1-7-3-9(5-11(13(7)33)15(35,17(21,22)23)18(24,25)26)37-10-4-8(2)14(34)12(6-10)16(36,19(27,28)29)20(30,31)32/h3-6,35-36H,33-34H2,1-2H3. The molecule has 0 aromatic heterocycles. The van der Waals surface area contributed by atoms with Gasteiger partial charge in [-0.1, -0.05) is 0 Å². The molecule has 0 heterocycles. The van der Waals surface area contributed by atoms with Gasteiger partial charge in [0.05, 0.1) is 0 Å². The van der Waals surface area contributed by atoms with E-state index in [1.165, 1.54) is 0 Å². The number of ether oxygens (including phenoxy) is 1. The molecule has 17 heteroatoms. The van der Waals surface area contributed by atoms with Crippen molar-refractivity contribution in [2.24, 2.45) is 0 Å². The predicted molar refractivity (Wildman–Crippen MR) is 103 cm³/mol. The fraction of sp³-hybridized carbons (Fsp3) is 0.400. The first-order valence-electron chi connectivity index (χ1n) is 9.51. The normalized spacial score (nSPS) is 14.2. The summed E-state index contributed by atoms with van der Waals surface area (Å²) in [6.45, 7) is 1.79. The van der Waals surface area contributed by atoms with Crippen LogP contribution < -0.4 is 16.2 Å². The van der Waals surface area contributed by atoms with Crippen molar-refractivity contribution in [2.75, 3.05) is 11.5 Å². The summed E-state index contributed by atoms with van der Waals surface area (Å²) in [5.41, 5.74) is -7.74. The fourth-order valence-corrected chi connectivity index (χ4v) is 3.32. The van der Waals surface area contributed by atoms with Crippen LogP contribution in [0.2, 0.25) is 0 Å². The molecular weight excluding hydrogens is 544 g/mol. The van der Waals surface area contributed by atoms with Gasteiger partial charge in [0.15, 0.2) is 0 Å². The molecule has 0 fully saturated rings. The summed E-state index contributed by atoms with van der Waals surface area (Å²) in [7, 11) is 0. The average Bonchev–Trinajstić information content (AvgIpc) is 2.68. The maximum absolute atomic E-state index is 13.3. The van der Waals surface area contributed by atoms with Gasteiger partial charge in [-0.25, -0.2) is 0 Å². The Morgan fingerprint density at radius 3 is 1.00 bits per heavy atom. The lowest BCUT2D eigenvalue weighted by Gasteiger charge is -2.34. The smallest absolute Gasteiger partial charge is 0.430 e. The second kappa shape index (κ2) is 8.75. The number of hydrogen-bond acceptors (Lipinski definition) is 5. The summed E-state index contributed by atoms with van der Waals surface area (Å²) in [6.07, 6.45) is -25.5. The maximum Gasteiger partial charge on any atom is 0.430 e. The summed E-state index contributed by atoms with van der Waals surface area (Å²) in [5.74, 6) is -1.99. The molecule has 0 spiro atoms. The van der Waals surface area contributed by atoms with E-state index < -0.39 is 81.0 Å². The van der Waals surface area contributed by atoms with Crippen molar-refractivity contribution < 1.29 is 67.6 Å². The Labute approximate surface area is 199 Å². The van der Waals surface area contributed by atoms with Gasteiger partial charge in [0.2, 0.25) is 0 Å². The first kappa shape index (κ1) is 30.1. The number of nitrogens with two attached hydrogens (primary N) is 2. The molecule has 2 rings (SSSR count). The molecule has 0 aliphatic heterocycles. The molecule has 0 saturated carbocycles. The molecule has 0 amide bonds. The minimum Gasteiger partial charge on any atom is -0.457 e. The molecule has 0 radical (unpaired) electrons. The topological polar surface area (TPSA) is 102 Å². The van der Waals surface area contributed by atoms with Crippen LogP contribution >= 0.6 is 0 Å². The molecule has 0 unspecified atom stereocenters. The summed E-state index contributed by atoms with van der Waals surface area (Å²) in [5, 5.41) is 19.4. The molecule has 0 aliphatic rings. The van der Waals surface area contributed by atoms with E-state index in [9.17, 15) is 62.9 Å². The number of aliphatic hydroxyl groups is 2. The maximum atomic E-state index is 13.3. The van der Waals surface area contributed by atoms with Crippen LogP contribution in [0.5, 0.6) is 11.5 Å². The first-order valence-corrected chi connectivity index (χ1v) is 9.51. The molecule has 0 saturated heterocycles. The number of nitrogen functional groups attached to an aromatic ring is 2. The van der Waals surface area contributed by atoms with Gasteiger partial charge in [0.25, 0.3) is 11.2 Å². The Morgan fingerprint density at radius 2 is 0.784 bits per heavy atom. The largest absolute Gasteiger partial charge is 0.457 e. The molecule has 2 aromatic rings. The molecule has 208 valence electrons. The fourth-order valence-electron chi connectivity index (χ4n) is 3.32. The number of aryl methyl sites for hydroxylation is 2. The van der Waals surface area contributed by atoms with Crippen molar-refractivity contribution in [3.63, 3.8) is 0 Å². The van der Waals surface area contributed by atoms with Crippen molar-refractivity contribution >= 4 is 11.4 Å². The average molecular weight is 560 g/mol. The van der Waals surface area contributed by atoms with Gasteiger partial charge < -0.3 is 26.4 Å². The Morgan fingerprint density at radius 1 is 0.541 bits per heavy atom. The molecule has 0 atom stereocenters. The highest BCUT2D eigenvalue weighted by Gasteiger charge is 2.73. The van der Waals surface area contributed by atoms with Crippen molar-refractivity contribution in [1.29, 1.82) is 0 Å². The minimum absolute atomic E-state index is 0.0333. The lowest BCUT2D eigenvalue weighted by Crippen LogP contribution is -2.54. The molecular formula is C20H16F12N2O3. The second-order valence-electron chi connectivity index (χ2n) is 7.92. The van der Waals surface area contributed by atoms with E-state index in [1.807, 2.05) is 0 Å². The number of rotatable bonds is 4. The van der Waals surface area contributed by atoms with Gasteiger partial charge in [-0.2, -0.15) is 52.7 Å². The van der Waals surface area contributed by atoms with E-state index in [2.05, 4.69) is 0 Å². The van der Waals surface area contributed by atoms with Crippen LogP contribution in [-0.4, -0.2) is 34.9 Å². The third-order valence-electron chi connectivity index (χ3n) is 5.38. The van der Waals surface area contributed by atoms with Crippen LogP contribution in [0.15, 0.2) is 24.3 Å². The Bertz CT molecular complexity index is 1060. The molecule has 0 aliphatic carbocycles. The van der Waals surface area contributed by atoms with Crippen molar-refractivity contribution in [1.82, 2.24) is 0 Å². The van der Waals surface area contributed by atoms with E-state index in [0.717, 1.165) is 13.8 Å². The van der Waals surface area contributed by atoms with Gasteiger partial charge in [-0.15, -0.1) is 0 Å². The molecule has 5 nitrogen and oxygen atoms in total. The van der Waals surface area contributed by atoms with E-state index in [4.69, 9.17) is 16.2 Å². The van der Waals surface area contributed by atoms with Crippen molar-refractivity contribution in [3.8, 4) is 11.5 Å². The highest BCUT2D eigenvalue weighted by Crippen LogP contribution is 2.54. The second-order valence-corrected chi connectivity index (χ2v) is 7.92. The highest BCUT2D eigenvalue weighted by atomic mass is 19.4. The minimum atomic E-state index is -6.37. The summed E-state index contributed by atoms with van der Waals surface area (Å²) < 4.78 is 165. The van der Waals surface area contributed by atoms with E-state index in [0.29, 0.717) is 12.1 Å². The summed E-state index contributed by atoms with van der Waals surface area (Å²) >= 11 is 0. The molecule has 6 N–H and O–H groups in total. The third kappa shape index (κ3) is 4.81. The summed E-state index contributed by atoms with van der Waals surface area (Å²) in [6, 6.07) is 1.34. The van der Waals surface area contributed by atoms with Crippen molar-refractivity contribution in [3.05, 3.63) is 46.5 Å². The van der Waals surface area contributed by atoms with Crippen LogP contribution in [-0.2, 0) is 11.2 Å². The first-order chi connectivity index (χ1) is 16.3. The zero-order chi connectivity index (χ0) is 29.2. The van der Waals surface area contributed by atoms with Gasteiger partial charge in [-0.3, -0.25) is 0 Å². The van der Waals surface area contributed by atoms with Crippen LogP contribution in [0.3, 0.4) is 0 Å². The van der Waals surface area contributed by atoms with Crippen LogP contribution in [0.4, 0.5) is 64.1 Å². The zero-order valence-corrected chi connectivity index (χ0v) is 18.3. The van der Waals surface area contributed by atoms with E-state index in [1.54, 1.807) is 0 Å². The monoisotopic (exact) mass is 560 g/mol. The summed E-state index contributed by atoms with van der Waals surface area (Å²) in [4.78, 5) is 0. The van der Waals surface area contributed by atoms with Gasteiger partial charge in [-0.05, 0) is 49.2 Å².